The minimum atomic E-state index is -3.87. The predicted octanol–water partition coefficient (Wildman–Crippen LogP) is 1.07. The molecule has 1 fully saturated rings. The van der Waals surface area contributed by atoms with Crippen molar-refractivity contribution in [2.45, 2.75) is 35.1 Å². The van der Waals surface area contributed by atoms with Crippen LogP contribution in [0.25, 0.3) is 0 Å². The zero-order chi connectivity index (χ0) is 21.1. The monoisotopic (exact) mass is 495 g/mol. The number of hydrogen-bond donors (Lipinski definition) is 1. The van der Waals surface area contributed by atoms with Crippen LogP contribution >= 0.6 is 15.9 Å². The summed E-state index contributed by atoms with van der Waals surface area (Å²) >= 11 is 3.17. The average Bonchev–Trinajstić information content (AvgIpc) is 3.05. The van der Waals surface area contributed by atoms with E-state index in [9.17, 15) is 21.6 Å². The molecule has 1 aliphatic rings. The molecule has 0 radical (unpaired) electrons. The van der Waals surface area contributed by atoms with Crippen molar-refractivity contribution < 1.29 is 21.6 Å². The van der Waals surface area contributed by atoms with Crippen molar-refractivity contribution in [1.29, 1.82) is 0 Å². The van der Waals surface area contributed by atoms with E-state index in [1.165, 1.54) is 12.1 Å². The summed E-state index contributed by atoms with van der Waals surface area (Å²) in [7, 11) is -3.92. The maximum Gasteiger partial charge on any atom is 0.241 e. The molecule has 1 saturated heterocycles. The Balaban J connectivity index is 1.98. The number of carbonyl (C=O) groups excluding carboxylic acids is 1. The lowest BCUT2D eigenvalue weighted by Crippen LogP contribution is -2.43. The number of rotatable bonds is 8. The van der Waals surface area contributed by atoms with Gasteiger partial charge < -0.3 is 4.90 Å². The van der Waals surface area contributed by atoms with Gasteiger partial charge in [-0.3, -0.25) is 9.69 Å². The molecule has 0 saturated carbocycles. The number of amides is 1. The van der Waals surface area contributed by atoms with Crippen molar-refractivity contribution >= 4 is 41.7 Å². The first-order valence-corrected chi connectivity index (χ1v) is 13.0. The molecule has 1 N–H and O–H groups in total. The number of sulfone groups is 1. The normalized spacial score (nSPS) is 18.4. The zero-order valence-electron chi connectivity index (χ0n) is 16.2. The van der Waals surface area contributed by atoms with Gasteiger partial charge in [-0.2, -0.15) is 0 Å². The molecule has 1 amide bonds. The van der Waals surface area contributed by atoms with Crippen LogP contribution in [0.15, 0.2) is 32.5 Å². The van der Waals surface area contributed by atoms with E-state index in [1.54, 1.807) is 19.0 Å². The van der Waals surface area contributed by atoms with Gasteiger partial charge >= 0.3 is 0 Å². The third-order valence-electron chi connectivity index (χ3n) is 4.62. The fourth-order valence-electron chi connectivity index (χ4n) is 3.16. The highest BCUT2D eigenvalue weighted by Gasteiger charge is 2.31. The van der Waals surface area contributed by atoms with Crippen molar-refractivity contribution in [2.75, 3.05) is 40.0 Å². The van der Waals surface area contributed by atoms with Crippen LogP contribution < -0.4 is 4.72 Å². The fraction of sp³-hybridized carbons (Fsp3) is 0.588. The Labute approximate surface area is 175 Å². The van der Waals surface area contributed by atoms with Gasteiger partial charge in [0.15, 0.2) is 9.84 Å². The van der Waals surface area contributed by atoms with Crippen molar-refractivity contribution in [3.63, 3.8) is 0 Å². The molecular weight excluding hydrogens is 470 g/mol. The molecule has 1 aliphatic heterocycles. The van der Waals surface area contributed by atoms with E-state index >= 15 is 0 Å². The third kappa shape index (κ3) is 5.76. The Morgan fingerprint density at radius 1 is 1.29 bits per heavy atom. The van der Waals surface area contributed by atoms with Gasteiger partial charge in [0.05, 0.1) is 15.8 Å². The summed E-state index contributed by atoms with van der Waals surface area (Å²) in [5.41, 5.74) is 0. The first kappa shape index (κ1) is 23.3. The molecule has 1 unspecified atom stereocenters. The molecule has 0 spiro atoms. The molecule has 1 heterocycles. The minimum Gasteiger partial charge on any atom is -0.347 e. The lowest BCUT2D eigenvalue weighted by Gasteiger charge is -2.26. The highest BCUT2D eigenvalue weighted by atomic mass is 79.9. The van der Waals surface area contributed by atoms with Gasteiger partial charge in [0.1, 0.15) is 0 Å². The molecule has 1 aromatic carbocycles. The molecular formula is C17H26BrN3O5S2. The smallest absolute Gasteiger partial charge is 0.241 e. The maximum atomic E-state index is 12.6. The van der Waals surface area contributed by atoms with Gasteiger partial charge in [0, 0.05) is 37.9 Å². The minimum absolute atomic E-state index is 0.0572. The molecule has 28 heavy (non-hydrogen) atoms. The number of hydrogen-bond acceptors (Lipinski definition) is 6. The molecule has 11 heteroatoms. The molecule has 1 aromatic rings. The van der Waals surface area contributed by atoms with Crippen molar-refractivity contribution in [2.24, 2.45) is 0 Å². The largest absolute Gasteiger partial charge is 0.347 e. The molecule has 1 atom stereocenters. The fourth-order valence-corrected chi connectivity index (χ4v) is 5.94. The maximum absolute atomic E-state index is 12.6. The lowest BCUT2D eigenvalue weighted by atomic mass is 10.2. The van der Waals surface area contributed by atoms with E-state index in [0.717, 1.165) is 31.7 Å². The Bertz CT molecular complexity index is 932. The Hall–Kier alpha value is -1.01. The quantitative estimate of drug-likeness (QED) is 0.541. The molecule has 158 valence electrons. The Morgan fingerprint density at radius 3 is 2.57 bits per heavy atom. The van der Waals surface area contributed by atoms with E-state index in [-0.39, 0.29) is 28.3 Å². The molecule has 0 bridgehead atoms. The van der Waals surface area contributed by atoms with Crippen LogP contribution in [0.5, 0.6) is 0 Å². The van der Waals surface area contributed by atoms with Crippen molar-refractivity contribution in [3.8, 4) is 0 Å². The van der Waals surface area contributed by atoms with E-state index in [1.807, 2.05) is 0 Å². The van der Waals surface area contributed by atoms with Crippen LogP contribution in [0.2, 0.25) is 0 Å². The number of carbonyl (C=O) groups is 1. The van der Waals surface area contributed by atoms with Crippen LogP contribution in [-0.2, 0) is 24.7 Å². The first-order valence-electron chi connectivity index (χ1n) is 8.88. The highest BCUT2D eigenvalue weighted by Crippen LogP contribution is 2.25. The summed E-state index contributed by atoms with van der Waals surface area (Å²) in [6, 6.07) is 3.76. The van der Waals surface area contributed by atoms with E-state index in [0.29, 0.717) is 17.4 Å². The second kappa shape index (κ2) is 9.21. The summed E-state index contributed by atoms with van der Waals surface area (Å²) in [5.74, 6) is 0.0691. The summed E-state index contributed by atoms with van der Waals surface area (Å²) in [4.78, 5) is 15.7. The number of nitrogens with zero attached hydrogens (tertiary/aromatic N) is 2. The number of sulfonamides is 1. The van der Waals surface area contributed by atoms with E-state index in [4.69, 9.17) is 0 Å². The van der Waals surface area contributed by atoms with Crippen LogP contribution in [-0.4, -0.2) is 78.6 Å². The van der Waals surface area contributed by atoms with E-state index < -0.39 is 19.9 Å². The summed E-state index contributed by atoms with van der Waals surface area (Å²) in [6.45, 7) is 1.62. The molecule has 2 rings (SSSR count). The molecule has 8 nitrogen and oxygen atoms in total. The molecule has 0 aromatic heterocycles. The van der Waals surface area contributed by atoms with Gasteiger partial charge in [0.2, 0.25) is 15.9 Å². The summed E-state index contributed by atoms with van der Waals surface area (Å²) in [6.07, 6.45) is 3.33. The second-order valence-corrected chi connectivity index (χ2v) is 11.6. The predicted molar refractivity (Wildman–Crippen MR) is 110 cm³/mol. The van der Waals surface area contributed by atoms with Crippen LogP contribution in [0.3, 0.4) is 0 Å². The summed E-state index contributed by atoms with van der Waals surface area (Å²) in [5, 5.41) is 0. The van der Waals surface area contributed by atoms with Gasteiger partial charge in [-0.15, -0.1) is 0 Å². The number of nitrogens with one attached hydrogen (secondary N) is 1. The average molecular weight is 496 g/mol. The Kier molecular flexibility index (Phi) is 7.65. The standard InChI is InChI=1S/C17H26BrN3O5S2/c1-20(2)17(22)15-6-4-10-21(15)11-5-9-19-28(25,26)16-12-13(27(3,23)24)7-8-14(16)18/h7-8,12,15,19H,4-6,9-11H2,1-3H3. The second-order valence-electron chi connectivity index (χ2n) is 7.04. The SMILES string of the molecule is CN(C)C(=O)C1CCCN1CCCNS(=O)(=O)c1cc(S(C)(=O)=O)ccc1Br. The van der Waals surface area contributed by atoms with Crippen molar-refractivity contribution in [1.82, 2.24) is 14.5 Å². The number of likely N-dealkylation sites (N-methyl/N-ethyl adjacent to an activating group) is 1. The van der Waals surface area contributed by atoms with Gasteiger partial charge in [-0.25, -0.2) is 21.6 Å². The number of halogens is 1. The van der Waals surface area contributed by atoms with Crippen LogP contribution in [0, 0.1) is 0 Å². The number of benzene rings is 1. The topological polar surface area (TPSA) is 104 Å². The first-order chi connectivity index (χ1) is 12.9. The van der Waals surface area contributed by atoms with Gasteiger partial charge in [-0.05, 0) is 59.9 Å². The van der Waals surface area contributed by atoms with Crippen LogP contribution in [0.1, 0.15) is 19.3 Å². The highest BCUT2D eigenvalue weighted by molar-refractivity contribution is 9.10. The zero-order valence-corrected chi connectivity index (χ0v) is 19.4. The number of likely N-dealkylation sites (tertiary alicyclic amines) is 1. The van der Waals surface area contributed by atoms with E-state index in [2.05, 4.69) is 25.6 Å². The Morgan fingerprint density at radius 2 is 1.96 bits per heavy atom. The molecule has 0 aliphatic carbocycles. The van der Waals surface area contributed by atoms with Crippen molar-refractivity contribution in [3.05, 3.63) is 22.7 Å². The third-order valence-corrected chi connectivity index (χ3v) is 8.19. The van der Waals surface area contributed by atoms with Gasteiger partial charge in [0.25, 0.3) is 0 Å². The van der Waals surface area contributed by atoms with Gasteiger partial charge in [-0.1, -0.05) is 0 Å². The summed E-state index contributed by atoms with van der Waals surface area (Å²) < 4.78 is 51.4. The lowest BCUT2D eigenvalue weighted by molar-refractivity contribution is -0.133. The van der Waals surface area contributed by atoms with Crippen LogP contribution in [0.4, 0.5) is 0 Å².